The maximum Gasteiger partial charge on any atom is 0.387 e. The smallest absolute Gasteiger partial charge is 0.387 e. The molecule has 2 aromatic rings. The maximum absolute atomic E-state index is 12.3. The van der Waals surface area contributed by atoms with Gasteiger partial charge in [0.05, 0.1) is 6.04 Å². The molecule has 0 amide bonds. The van der Waals surface area contributed by atoms with Crippen LogP contribution in [0.25, 0.3) is 0 Å². The molecule has 20 heavy (non-hydrogen) atoms. The van der Waals surface area contributed by atoms with Gasteiger partial charge in [-0.3, -0.25) is 0 Å². The van der Waals surface area contributed by atoms with Gasteiger partial charge in [0.1, 0.15) is 17.9 Å². The van der Waals surface area contributed by atoms with Gasteiger partial charge >= 0.3 is 6.61 Å². The van der Waals surface area contributed by atoms with Crippen LogP contribution in [-0.2, 0) is 13.6 Å². The summed E-state index contributed by atoms with van der Waals surface area (Å²) in [6, 6.07) is 6.65. The second kappa shape index (κ2) is 6.42. The van der Waals surface area contributed by atoms with E-state index in [2.05, 4.69) is 20.3 Å². The summed E-state index contributed by atoms with van der Waals surface area (Å²) in [4.78, 5) is 0. The third kappa shape index (κ3) is 3.51. The Morgan fingerprint density at radius 2 is 2.10 bits per heavy atom. The lowest BCUT2D eigenvalue weighted by Gasteiger charge is -2.15. The van der Waals surface area contributed by atoms with Crippen molar-refractivity contribution in [2.24, 2.45) is 7.05 Å². The molecule has 0 radical (unpaired) electrons. The molecule has 1 atom stereocenters. The Kier molecular flexibility index (Phi) is 4.62. The summed E-state index contributed by atoms with van der Waals surface area (Å²) in [7, 11) is 1.85. The number of hydrogen-bond acceptors (Lipinski definition) is 4. The SMILES string of the molecule is CC(NCc1ccccc1OC(F)F)c1nncn1C. The molecule has 2 rings (SSSR count). The fourth-order valence-corrected chi connectivity index (χ4v) is 1.90. The van der Waals surface area contributed by atoms with Crippen molar-refractivity contribution in [2.45, 2.75) is 26.1 Å². The Morgan fingerprint density at radius 1 is 1.35 bits per heavy atom. The van der Waals surface area contributed by atoms with E-state index in [4.69, 9.17) is 0 Å². The first-order valence-corrected chi connectivity index (χ1v) is 6.18. The van der Waals surface area contributed by atoms with Gasteiger partial charge in [-0.25, -0.2) is 0 Å². The number of halogens is 2. The standard InChI is InChI=1S/C13H16F2N4O/c1-9(12-18-17-8-19(12)2)16-7-10-5-3-4-6-11(10)20-13(14)15/h3-6,8-9,13,16H,7H2,1-2H3. The summed E-state index contributed by atoms with van der Waals surface area (Å²) in [5.41, 5.74) is 0.668. The molecule has 0 spiro atoms. The Hall–Kier alpha value is -2.02. The third-order valence-corrected chi connectivity index (χ3v) is 2.92. The highest BCUT2D eigenvalue weighted by molar-refractivity contribution is 5.33. The van der Waals surface area contributed by atoms with Crippen LogP contribution in [-0.4, -0.2) is 21.4 Å². The number of aromatic nitrogens is 3. The number of nitrogens with one attached hydrogen (secondary N) is 1. The molecule has 1 aromatic heterocycles. The first-order chi connectivity index (χ1) is 9.58. The van der Waals surface area contributed by atoms with Crippen molar-refractivity contribution < 1.29 is 13.5 Å². The highest BCUT2D eigenvalue weighted by Crippen LogP contribution is 2.21. The molecule has 1 heterocycles. The molecule has 108 valence electrons. The van der Waals surface area contributed by atoms with Crippen molar-refractivity contribution in [3.63, 3.8) is 0 Å². The quantitative estimate of drug-likeness (QED) is 0.883. The van der Waals surface area contributed by atoms with E-state index in [1.807, 2.05) is 14.0 Å². The summed E-state index contributed by atoms with van der Waals surface area (Å²) in [5, 5.41) is 11.0. The van der Waals surface area contributed by atoms with Crippen LogP contribution in [0.3, 0.4) is 0 Å². The minimum atomic E-state index is -2.83. The topological polar surface area (TPSA) is 52.0 Å². The average molecular weight is 282 g/mol. The molecule has 0 aliphatic rings. The highest BCUT2D eigenvalue weighted by Gasteiger charge is 2.13. The second-order valence-corrected chi connectivity index (χ2v) is 4.39. The van der Waals surface area contributed by atoms with Gasteiger partial charge in [0, 0.05) is 19.2 Å². The zero-order valence-electron chi connectivity index (χ0n) is 11.3. The fraction of sp³-hybridized carbons (Fsp3) is 0.385. The summed E-state index contributed by atoms with van der Waals surface area (Å²) in [6.07, 6.45) is 1.61. The van der Waals surface area contributed by atoms with Gasteiger partial charge in [-0.05, 0) is 13.0 Å². The molecule has 0 saturated heterocycles. The lowest BCUT2D eigenvalue weighted by Crippen LogP contribution is -2.21. The molecule has 1 unspecified atom stereocenters. The van der Waals surface area contributed by atoms with Gasteiger partial charge < -0.3 is 14.6 Å². The Balaban J connectivity index is 2.02. The molecule has 0 aliphatic carbocycles. The third-order valence-electron chi connectivity index (χ3n) is 2.92. The van der Waals surface area contributed by atoms with E-state index in [0.717, 1.165) is 5.82 Å². The van der Waals surface area contributed by atoms with Crippen LogP contribution in [0.1, 0.15) is 24.4 Å². The molecule has 0 saturated carbocycles. The number of alkyl halides is 2. The van der Waals surface area contributed by atoms with Crippen LogP contribution in [0.4, 0.5) is 8.78 Å². The van der Waals surface area contributed by atoms with E-state index in [9.17, 15) is 8.78 Å². The highest BCUT2D eigenvalue weighted by atomic mass is 19.3. The maximum atomic E-state index is 12.3. The van der Waals surface area contributed by atoms with E-state index >= 15 is 0 Å². The fourth-order valence-electron chi connectivity index (χ4n) is 1.90. The Labute approximate surface area is 115 Å². The van der Waals surface area contributed by atoms with Crippen LogP contribution in [0, 0.1) is 0 Å². The molecule has 0 aliphatic heterocycles. The number of nitrogens with zero attached hydrogens (tertiary/aromatic N) is 3. The normalized spacial score (nSPS) is 12.7. The predicted octanol–water partition coefficient (Wildman–Crippen LogP) is 2.27. The van der Waals surface area contributed by atoms with Crippen LogP contribution in [0.5, 0.6) is 5.75 Å². The van der Waals surface area contributed by atoms with Crippen LogP contribution in [0.2, 0.25) is 0 Å². The van der Waals surface area contributed by atoms with Gasteiger partial charge in [-0.15, -0.1) is 10.2 Å². The molecular weight excluding hydrogens is 266 g/mol. The van der Waals surface area contributed by atoms with Crippen molar-refractivity contribution in [1.29, 1.82) is 0 Å². The van der Waals surface area contributed by atoms with Gasteiger partial charge in [0.15, 0.2) is 0 Å². The molecule has 7 heteroatoms. The summed E-state index contributed by atoms with van der Waals surface area (Å²) in [5.74, 6) is 0.956. The van der Waals surface area contributed by atoms with Crippen LogP contribution < -0.4 is 10.1 Å². The lowest BCUT2D eigenvalue weighted by molar-refractivity contribution is -0.0505. The van der Waals surface area contributed by atoms with Gasteiger partial charge in [0.25, 0.3) is 0 Å². The van der Waals surface area contributed by atoms with Crippen molar-refractivity contribution in [3.8, 4) is 5.75 Å². The van der Waals surface area contributed by atoms with Crippen molar-refractivity contribution >= 4 is 0 Å². The zero-order chi connectivity index (χ0) is 14.5. The Bertz CT molecular complexity index is 559. The number of ether oxygens (including phenoxy) is 1. The summed E-state index contributed by atoms with van der Waals surface area (Å²) in [6.45, 7) is -0.496. The molecule has 0 fully saturated rings. The average Bonchev–Trinajstić information content (AvgIpc) is 2.83. The van der Waals surface area contributed by atoms with Crippen LogP contribution in [0.15, 0.2) is 30.6 Å². The number of benzene rings is 1. The number of hydrogen-bond donors (Lipinski definition) is 1. The molecule has 1 N–H and O–H groups in total. The Morgan fingerprint density at radius 3 is 2.75 bits per heavy atom. The van der Waals surface area contributed by atoms with E-state index < -0.39 is 6.61 Å². The number of para-hydroxylation sites is 1. The molecular formula is C13H16F2N4O. The van der Waals surface area contributed by atoms with Gasteiger partial charge in [-0.1, -0.05) is 18.2 Å². The predicted molar refractivity (Wildman–Crippen MR) is 69.3 cm³/mol. The van der Waals surface area contributed by atoms with Gasteiger partial charge in [0.2, 0.25) is 0 Å². The lowest BCUT2D eigenvalue weighted by atomic mass is 10.2. The largest absolute Gasteiger partial charge is 0.434 e. The number of aryl methyl sites for hydroxylation is 1. The van der Waals surface area contributed by atoms with Crippen molar-refractivity contribution in [2.75, 3.05) is 0 Å². The van der Waals surface area contributed by atoms with E-state index in [-0.39, 0.29) is 11.8 Å². The van der Waals surface area contributed by atoms with Crippen LogP contribution >= 0.6 is 0 Å². The molecule has 5 nitrogen and oxygen atoms in total. The minimum absolute atomic E-state index is 0.0536. The monoisotopic (exact) mass is 282 g/mol. The van der Waals surface area contributed by atoms with Crippen molar-refractivity contribution in [1.82, 2.24) is 20.1 Å². The van der Waals surface area contributed by atoms with Crippen molar-refractivity contribution in [3.05, 3.63) is 42.0 Å². The van der Waals surface area contributed by atoms with E-state index in [1.165, 1.54) is 6.07 Å². The minimum Gasteiger partial charge on any atom is -0.434 e. The summed E-state index contributed by atoms with van der Waals surface area (Å²) < 4.78 is 30.9. The zero-order valence-corrected chi connectivity index (χ0v) is 11.3. The number of rotatable bonds is 6. The second-order valence-electron chi connectivity index (χ2n) is 4.39. The molecule has 1 aromatic carbocycles. The van der Waals surface area contributed by atoms with E-state index in [0.29, 0.717) is 12.1 Å². The summed E-state index contributed by atoms with van der Waals surface area (Å²) >= 11 is 0. The van der Waals surface area contributed by atoms with Gasteiger partial charge in [-0.2, -0.15) is 8.78 Å². The van der Waals surface area contributed by atoms with E-state index in [1.54, 1.807) is 29.1 Å². The first kappa shape index (κ1) is 14.4. The first-order valence-electron chi connectivity index (χ1n) is 6.18. The molecule has 0 bridgehead atoms.